The number of nitrogens with one attached hydrogen (secondary N) is 1. The van der Waals surface area contributed by atoms with Gasteiger partial charge in [0.1, 0.15) is 0 Å². The van der Waals surface area contributed by atoms with Gasteiger partial charge in [-0.15, -0.1) is 0 Å². The Kier molecular flexibility index (Phi) is 3.54. The summed E-state index contributed by atoms with van der Waals surface area (Å²) in [6.07, 6.45) is 1.11. The Morgan fingerprint density at radius 3 is 2.81 bits per heavy atom. The third-order valence-electron chi connectivity index (χ3n) is 2.73. The van der Waals surface area contributed by atoms with Crippen molar-refractivity contribution in [1.82, 2.24) is 10.4 Å². The predicted octanol–water partition coefficient (Wildman–Crippen LogP) is 0.847. The number of hydrazine groups is 1. The Labute approximate surface area is 94.9 Å². The lowest BCUT2D eigenvalue weighted by atomic mass is 10.1. The normalized spacial score (nSPS) is 20.4. The van der Waals surface area contributed by atoms with E-state index in [2.05, 4.69) is 5.43 Å². The second kappa shape index (κ2) is 5.09. The van der Waals surface area contributed by atoms with Crippen LogP contribution in [0.15, 0.2) is 30.3 Å². The van der Waals surface area contributed by atoms with Gasteiger partial charge in [0.25, 0.3) is 0 Å². The summed E-state index contributed by atoms with van der Waals surface area (Å²) in [6, 6.07) is 10.0. The van der Waals surface area contributed by atoms with Crippen LogP contribution in [0.5, 0.6) is 0 Å². The third-order valence-corrected chi connectivity index (χ3v) is 2.73. The molecule has 1 aromatic rings. The van der Waals surface area contributed by atoms with Crippen LogP contribution >= 0.6 is 0 Å². The molecule has 1 saturated heterocycles. The van der Waals surface area contributed by atoms with Gasteiger partial charge < -0.3 is 5.11 Å². The topological polar surface area (TPSA) is 52.6 Å². The Morgan fingerprint density at radius 2 is 2.12 bits per heavy atom. The Morgan fingerprint density at radius 1 is 1.38 bits per heavy atom. The highest BCUT2D eigenvalue weighted by Crippen LogP contribution is 2.23. The lowest BCUT2D eigenvalue weighted by Crippen LogP contribution is -2.36. The van der Waals surface area contributed by atoms with Gasteiger partial charge in [0.15, 0.2) is 0 Å². The monoisotopic (exact) mass is 220 g/mol. The van der Waals surface area contributed by atoms with Crippen LogP contribution in [-0.2, 0) is 4.79 Å². The van der Waals surface area contributed by atoms with Crippen molar-refractivity contribution >= 4 is 5.91 Å². The molecule has 4 nitrogen and oxygen atoms in total. The Hall–Kier alpha value is -1.39. The Bertz CT molecular complexity index is 353. The van der Waals surface area contributed by atoms with E-state index in [1.54, 1.807) is 5.01 Å². The van der Waals surface area contributed by atoms with Crippen molar-refractivity contribution in [2.75, 3.05) is 13.2 Å². The molecule has 1 heterocycles. The fourth-order valence-electron chi connectivity index (χ4n) is 1.89. The third kappa shape index (κ3) is 2.40. The molecule has 0 radical (unpaired) electrons. The molecule has 0 spiro atoms. The predicted molar refractivity (Wildman–Crippen MR) is 60.4 cm³/mol. The Balaban J connectivity index is 1.98. The van der Waals surface area contributed by atoms with Crippen molar-refractivity contribution in [2.45, 2.75) is 18.9 Å². The summed E-state index contributed by atoms with van der Waals surface area (Å²) < 4.78 is 0. The molecule has 0 bridgehead atoms. The number of carbonyl (C=O) groups is 1. The first-order valence-corrected chi connectivity index (χ1v) is 5.53. The highest BCUT2D eigenvalue weighted by molar-refractivity contribution is 5.78. The number of aliphatic hydroxyl groups excluding tert-OH is 1. The van der Waals surface area contributed by atoms with Crippen LogP contribution in [0.2, 0.25) is 0 Å². The van der Waals surface area contributed by atoms with Gasteiger partial charge in [-0.05, 0) is 12.0 Å². The number of benzene rings is 1. The molecule has 86 valence electrons. The minimum atomic E-state index is 0.0763. The van der Waals surface area contributed by atoms with Gasteiger partial charge in [-0.1, -0.05) is 30.3 Å². The maximum absolute atomic E-state index is 11.6. The van der Waals surface area contributed by atoms with Crippen LogP contribution in [0.1, 0.15) is 24.4 Å². The van der Waals surface area contributed by atoms with E-state index < -0.39 is 0 Å². The molecule has 1 aliphatic heterocycles. The van der Waals surface area contributed by atoms with Crippen LogP contribution in [0.4, 0.5) is 0 Å². The van der Waals surface area contributed by atoms with E-state index in [9.17, 15) is 4.79 Å². The molecular weight excluding hydrogens is 204 g/mol. The molecule has 1 aromatic carbocycles. The summed E-state index contributed by atoms with van der Waals surface area (Å²) in [5, 5.41) is 10.3. The van der Waals surface area contributed by atoms with Crippen LogP contribution in [0.3, 0.4) is 0 Å². The van der Waals surface area contributed by atoms with Crippen LogP contribution in [-0.4, -0.2) is 29.2 Å². The summed E-state index contributed by atoms with van der Waals surface area (Å²) in [4.78, 5) is 11.6. The van der Waals surface area contributed by atoms with Crippen molar-refractivity contribution in [2.24, 2.45) is 0 Å². The van der Waals surface area contributed by atoms with Crippen LogP contribution < -0.4 is 5.43 Å². The zero-order valence-electron chi connectivity index (χ0n) is 9.10. The number of rotatable bonds is 4. The average molecular weight is 220 g/mol. The van der Waals surface area contributed by atoms with Crippen molar-refractivity contribution in [3.63, 3.8) is 0 Å². The van der Waals surface area contributed by atoms with E-state index >= 15 is 0 Å². The van der Waals surface area contributed by atoms with Gasteiger partial charge >= 0.3 is 0 Å². The number of hydrogen-bond donors (Lipinski definition) is 2. The number of amides is 1. The molecule has 1 atom stereocenters. The van der Waals surface area contributed by atoms with Crippen LogP contribution in [0.25, 0.3) is 0 Å². The molecule has 2 N–H and O–H groups in total. The summed E-state index contributed by atoms with van der Waals surface area (Å²) in [5.74, 6) is 0.0994. The van der Waals surface area contributed by atoms with Crippen molar-refractivity contribution in [1.29, 1.82) is 0 Å². The number of hydrogen-bond acceptors (Lipinski definition) is 3. The van der Waals surface area contributed by atoms with Gasteiger partial charge in [-0.3, -0.25) is 9.80 Å². The molecule has 0 aliphatic carbocycles. The number of nitrogens with zero attached hydrogens (tertiary/aromatic N) is 1. The van der Waals surface area contributed by atoms with E-state index in [1.165, 1.54) is 0 Å². The first-order valence-electron chi connectivity index (χ1n) is 5.53. The zero-order valence-corrected chi connectivity index (χ0v) is 9.10. The molecule has 0 aromatic heterocycles. The molecule has 1 unspecified atom stereocenters. The number of carbonyl (C=O) groups excluding carboxylic acids is 1. The maximum atomic E-state index is 11.6. The second-order valence-corrected chi connectivity index (χ2v) is 3.92. The molecule has 16 heavy (non-hydrogen) atoms. The summed E-state index contributed by atoms with van der Waals surface area (Å²) >= 11 is 0. The number of aliphatic hydroxyl groups is 1. The molecule has 1 amide bonds. The summed E-state index contributed by atoms with van der Waals surface area (Å²) in [7, 11) is 0. The van der Waals surface area contributed by atoms with Crippen molar-refractivity contribution in [3.05, 3.63) is 35.9 Å². The van der Waals surface area contributed by atoms with Gasteiger partial charge in [-0.2, -0.15) is 0 Å². The van der Waals surface area contributed by atoms with Crippen molar-refractivity contribution in [3.8, 4) is 0 Å². The fraction of sp³-hybridized carbons (Fsp3) is 0.417. The van der Waals surface area contributed by atoms with E-state index in [0.29, 0.717) is 19.4 Å². The molecule has 1 aliphatic rings. The minimum Gasteiger partial charge on any atom is -0.396 e. The highest BCUT2D eigenvalue weighted by Gasteiger charge is 2.29. The molecule has 2 rings (SSSR count). The van der Waals surface area contributed by atoms with Gasteiger partial charge in [0, 0.05) is 19.6 Å². The van der Waals surface area contributed by atoms with Gasteiger partial charge in [0.2, 0.25) is 5.91 Å². The molecule has 1 fully saturated rings. The van der Waals surface area contributed by atoms with Gasteiger partial charge in [-0.25, -0.2) is 5.43 Å². The zero-order chi connectivity index (χ0) is 11.4. The first-order chi connectivity index (χ1) is 7.81. The molecule has 0 saturated carbocycles. The fourth-order valence-corrected chi connectivity index (χ4v) is 1.89. The first kappa shape index (κ1) is 11.1. The second-order valence-electron chi connectivity index (χ2n) is 3.92. The standard InChI is InChI=1S/C12H16N2O2/c15-8-4-7-14-12(16)9-11(13-14)10-5-2-1-3-6-10/h1-3,5-6,11,13,15H,4,7-9H2. The largest absolute Gasteiger partial charge is 0.396 e. The van der Waals surface area contributed by atoms with E-state index in [1.807, 2.05) is 30.3 Å². The molecular formula is C12H16N2O2. The lowest BCUT2D eigenvalue weighted by molar-refractivity contribution is -0.129. The van der Waals surface area contributed by atoms with E-state index in [0.717, 1.165) is 5.56 Å². The van der Waals surface area contributed by atoms with E-state index in [-0.39, 0.29) is 18.6 Å². The quantitative estimate of drug-likeness (QED) is 0.791. The maximum Gasteiger partial charge on any atom is 0.238 e. The molecule has 4 heteroatoms. The SMILES string of the molecule is O=C1CC(c2ccccc2)NN1CCCO. The van der Waals surface area contributed by atoms with Gasteiger partial charge in [0.05, 0.1) is 6.04 Å². The lowest BCUT2D eigenvalue weighted by Gasteiger charge is -2.17. The van der Waals surface area contributed by atoms with Crippen molar-refractivity contribution < 1.29 is 9.90 Å². The van der Waals surface area contributed by atoms with Crippen LogP contribution in [0, 0.1) is 0 Å². The smallest absolute Gasteiger partial charge is 0.238 e. The summed E-state index contributed by atoms with van der Waals surface area (Å²) in [5.41, 5.74) is 4.29. The minimum absolute atomic E-state index is 0.0763. The average Bonchev–Trinajstić information content (AvgIpc) is 2.69. The summed E-state index contributed by atoms with van der Waals surface area (Å²) in [6.45, 7) is 0.681. The highest BCUT2D eigenvalue weighted by atomic mass is 16.3. The van der Waals surface area contributed by atoms with E-state index in [4.69, 9.17) is 5.11 Å².